The summed E-state index contributed by atoms with van der Waals surface area (Å²) in [5, 5.41) is 3.13. The van der Waals surface area contributed by atoms with Gasteiger partial charge in [-0.3, -0.25) is 0 Å². The second-order valence-electron chi connectivity index (χ2n) is 3.68. The molecule has 2 nitrogen and oxygen atoms in total. The van der Waals surface area contributed by atoms with E-state index in [2.05, 4.69) is 27.9 Å². The average Bonchev–Trinajstić information content (AvgIpc) is 2.30. The summed E-state index contributed by atoms with van der Waals surface area (Å²) in [7, 11) is 0. The molecule has 0 fully saturated rings. The first kappa shape index (κ1) is 12.2. The Labute approximate surface area is 113 Å². The van der Waals surface area contributed by atoms with Gasteiger partial charge in [0, 0.05) is 15.7 Å². The highest BCUT2D eigenvalue weighted by Crippen LogP contribution is 2.21. The Morgan fingerprint density at radius 1 is 1.18 bits per heavy atom. The van der Waals surface area contributed by atoms with Crippen molar-refractivity contribution in [2.75, 3.05) is 11.1 Å². The minimum Gasteiger partial charge on any atom is -0.397 e. The largest absolute Gasteiger partial charge is 0.397 e. The molecule has 0 aliphatic rings. The van der Waals surface area contributed by atoms with Gasteiger partial charge < -0.3 is 11.1 Å². The van der Waals surface area contributed by atoms with E-state index in [-0.39, 0.29) is 5.82 Å². The van der Waals surface area contributed by atoms with Crippen molar-refractivity contribution in [1.82, 2.24) is 0 Å². The van der Waals surface area contributed by atoms with Gasteiger partial charge in [-0.1, -0.05) is 18.2 Å². The molecular weight excluding hydrogens is 330 g/mol. The molecule has 4 heteroatoms. The van der Waals surface area contributed by atoms with Crippen LogP contribution in [0, 0.1) is 9.39 Å². The molecule has 0 spiro atoms. The van der Waals surface area contributed by atoms with Crippen LogP contribution in [0.15, 0.2) is 42.5 Å². The van der Waals surface area contributed by atoms with E-state index in [0.29, 0.717) is 17.8 Å². The lowest BCUT2D eigenvalue weighted by Gasteiger charge is -2.10. The number of rotatable bonds is 3. The predicted molar refractivity (Wildman–Crippen MR) is 77.3 cm³/mol. The first-order valence-corrected chi connectivity index (χ1v) is 6.27. The Hall–Kier alpha value is -1.30. The van der Waals surface area contributed by atoms with Crippen LogP contribution in [0.3, 0.4) is 0 Å². The van der Waals surface area contributed by atoms with Crippen LogP contribution in [0.5, 0.6) is 0 Å². The first-order valence-electron chi connectivity index (χ1n) is 5.19. The number of halogens is 2. The third-order valence-corrected chi connectivity index (χ3v) is 3.11. The summed E-state index contributed by atoms with van der Waals surface area (Å²) in [4.78, 5) is 0. The number of nitrogen functional groups attached to an aromatic ring is 1. The fraction of sp³-hybridized carbons (Fsp3) is 0.0769. The third kappa shape index (κ3) is 3.09. The topological polar surface area (TPSA) is 38.0 Å². The molecule has 0 aliphatic carbocycles. The van der Waals surface area contributed by atoms with Crippen molar-refractivity contribution in [3.05, 3.63) is 57.4 Å². The van der Waals surface area contributed by atoms with Crippen molar-refractivity contribution in [3.63, 3.8) is 0 Å². The molecule has 88 valence electrons. The summed E-state index contributed by atoms with van der Waals surface area (Å²) in [6.45, 7) is 0.428. The zero-order chi connectivity index (χ0) is 12.3. The monoisotopic (exact) mass is 342 g/mol. The van der Waals surface area contributed by atoms with Crippen LogP contribution < -0.4 is 11.1 Å². The number of benzene rings is 2. The van der Waals surface area contributed by atoms with E-state index < -0.39 is 0 Å². The average molecular weight is 342 g/mol. The summed E-state index contributed by atoms with van der Waals surface area (Å²) in [5.41, 5.74) is 7.99. The fourth-order valence-electron chi connectivity index (χ4n) is 1.53. The smallest absolute Gasteiger partial charge is 0.128 e. The maximum Gasteiger partial charge on any atom is 0.128 e. The van der Waals surface area contributed by atoms with Gasteiger partial charge in [0.05, 0.1) is 11.4 Å². The van der Waals surface area contributed by atoms with Crippen LogP contribution >= 0.6 is 22.6 Å². The second kappa shape index (κ2) is 5.35. The number of nitrogens with one attached hydrogen (secondary N) is 1. The van der Waals surface area contributed by atoms with Crippen molar-refractivity contribution in [2.24, 2.45) is 0 Å². The molecule has 2 aromatic carbocycles. The molecule has 17 heavy (non-hydrogen) atoms. The lowest BCUT2D eigenvalue weighted by atomic mass is 10.2. The number of hydrogen-bond acceptors (Lipinski definition) is 2. The van der Waals surface area contributed by atoms with Gasteiger partial charge in [0.2, 0.25) is 0 Å². The normalized spacial score (nSPS) is 10.2. The van der Waals surface area contributed by atoms with Crippen LogP contribution in [-0.4, -0.2) is 0 Å². The van der Waals surface area contributed by atoms with E-state index in [1.54, 1.807) is 12.1 Å². The Kier molecular flexibility index (Phi) is 3.83. The molecule has 0 saturated heterocycles. The SMILES string of the molecule is Nc1cc(I)ccc1NCc1ccccc1F. The molecule has 2 rings (SSSR count). The maximum atomic E-state index is 13.4. The highest BCUT2D eigenvalue weighted by molar-refractivity contribution is 14.1. The number of hydrogen-bond donors (Lipinski definition) is 2. The van der Waals surface area contributed by atoms with Gasteiger partial charge in [-0.15, -0.1) is 0 Å². The standard InChI is InChI=1S/C13H12FIN2/c14-11-4-2-1-3-9(11)8-17-13-6-5-10(15)7-12(13)16/h1-7,17H,8,16H2. The minimum atomic E-state index is -0.205. The van der Waals surface area contributed by atoms with Gasteiger partial charge in [0.25, 0.3) is 0 Å². The molecule has 0 aliphatic heterocycles. The number of anilines is 2. The zero-order valence-corrected chi connectivity index (χ0v) is 11.2. The van der Waals surface area contributed by atoms with Gasteiger partial charge in [-0.05, 0) is 46.9 Å². The van der Waals surface area contributed by atoms with E-state index in [9.17, 15) is 4.39 Å². The van der Waals surface area contributed by atoms with Gasteiger partial charge in [0.1, 0.15) is 5.82 Å². The van der Waals surface area contributed by atoms with Crippen LogP contribution in [0.25, 0.3) is 0 Å². The summed E-state index contributed by atoms with van der Waals surface area (Å²) in [6.07, 6.45) is 0. The summed E-state index contributed by atoms with van der Waals surface area (Å²) in [6, 6.07) is 12.4. The zero-order valence-electron chi connectivity index (χ0n) is 9.08. The van der Waals surface area contributed by atoms with Crippen molar-refractivity contribution in [3.8, 4) is 0 Å². The minimum absolute atomic E-state index is 0.205. The molecule has 0 atom stereocenters. The lowest BCUT2D eigenvalue weighted by Crippen LogP contribution is -2.04. The summed E-state index contributed by atoms with van der Waals surface area (Å²) in [5.74, 6) is -0.205. The van der Waals surface area contributed by atoms with Crippen molar-refractivity contribution in [1.29, 1.82) is 0 Å². The van der Waals surface area contributed by atoms with Crippen LogP contribution in [0.2, 0.25) is 0 Å². The Balaban J connectivity index is 2.10. The van der Waals surface area contributed by atoms with Gasteiger partial charge in [0.15, 0.2) is 0 Å². The molecular formula is C13H12FIN2. The van der Waals surface area contributed by atoms with Gasteiger partial charge in [-0.2, -0.15) is 0 Å². The highest BCUT2D eigenvalue weighted by atomic mass is 127. The van der Waals surface area contributed by atoms with Crippen LogP contribution in [-0.2, 0) is 6.54 Å². The molecule has 3 N–H and O–H groups in total. The summed E-state index contributed by atoms with van der Waals surface area (Å²) < 4.78 is 14.5. The Bertz CT molecular complexity index is 529. The quantitative estimate of drug-likeness (QED) is 0.660. The molecule has 0 radical (unpaired) electrons. The molecule has 0 saturated carbocycles. The maximum absolute atomic E-state index is 13.4. The van der Waals surface area contributed by atoms with Crippen LogP contribution in [0.1, 0.15) is 5.56 Å². The van der Waals surface area contributed by atoms with E-state index in [1.807, 2.05) is 24.3 Å². The number of nitrogens with two attached hydrogens (primary N) is 1. The Morgan fingerprint density at radius 2 is 1.94 bits per heavy atom. The molecule has 0 amide bonds. The lowest BCUT2D eigenvalue weighted by molar-refractivity contribution is 0.613. The molecule has 0 heterocycles. The van der Waals surface area contributed by atoms with E-state index in [0.717, 1.165) is 9.26 Å². The molecule has 2 aromatic rings. The predicted octanol–water partition coefficient (Wildman–Crippen LogP) is 3.62. The van der Waals surface area contributed by atoms with Gasteiger partial charge >= 0.3 is 0 Å². The molecule has 0 bridgehead atoms. The Morgan fingerprint density at radius 3 is 2.65 bits per heavy atom. The van der Waals surface area contributed by atoms with E-state index in [1.165, 1.54) is 6.07 Å². The van der Waals surface area contributed by atoms with E-state index in [4.69, 9.17) is 5.73 Å². The van der Waals surface area contributed by atoms with Crippen LogP contribution in [0.4, 0.5) is 15.8 Å². The fourth-order valence-corrected chi connectivity index (χ4v) is 2.04. The van der Waals surface area contributed by atoms with Crippen molar-refractivity contribution < 1.29 is 4.39 Å². The van der Waals surface area contributed by atoms with Crippen molar-refractivity contribution in [2.45, 2.75) is 6.54 Å². The second-order valence-corrected chi connectivity index (χ2v) is 4.92. The van der Waals surface area contributed by atoms with Gasteiger partial charge in [-0.25, -0.2) is 4.39 Å². The van der Waals surface area contributed by atoms with E-state index >= 15 is 0 Å². The highest BCUT2D eigenvalue weighted by Gasteiger charge is 2.02. The molecule has 0 unspecified atom stereocenters. The van der Waals surface area contributed by atoms with Crippen molar-refractivity contribution >= 4 is 34.0 Å². The molecule has 0 aromatic heterocycles. The summed E-state index contributed by atoms with van der Waals surface area (Å²) >= 11 is 2.20. The first-order chi connectivity index (χ1) is 8.16. The third-order valence-electron chi connectivity index (χ3n) is 2.44.